The van der Waals surface area contributed by atoms with Crippen molar-refractivity contribution in [3.8, 4) is 0 Å². The molecule has 5 nitrogen and oxygen atoms in total. The summed E-state index contributed by atoms with van der Waals surface area (Å²) >= 11 is 0. The Balaban J connectivity index is 1.39. The number of rotatable bonds is 5. The summed E-state index contributed by atoms with van der Waals surface area (Å²) in [5, 5.41) is 6.16. The monoisotopic (exact) mass is 329 g/mol. The third-order valence-electron chi connectivity index (χ3n) is 5.34. The van der Waals surface area contributed by atoms with Crippen LogP contribution in [0.25, 0.3) is 0 Å². The summed E-state index contributed by atoms with van der Waals surface area (Å²) in [4.78, 5) is 28.8. The molecule has 3 rings (SSSR count). The quantitative estimate of drug-likeness (QED) is 0.872. The Morgan fingerprint density at radius 3 is 2.25 bits per heavy atom. The molecule has 5 heteroatoms. The van der Waals surface area contributed by atoms with Crippen molar-refractivity contribution < 1.29 is 9.59 Å². The van der Waals surface area contributed by atoms with Crippen molar-refractivity contribution in [2.75, 3.05) is 0 Å². The molecule has 0 aliphatic heterocycles. The Labute approximate surface area is 143 Å². The predicted molar refractivity (Wildman–Crippen MR) is 91.9 cm³/mol. The van der Waals surface area contributed by atoms with Crippen molar-refractivity contribution in [1.82, 2.24) is 15.6 Å². The maximum Gasteiger partial charge on any atom is 0.223 e. The van der Waals surface area contributed by atoms with Crippen molar-refractivity contribution in [1.29, 1.82) is 0 Å². The highest BCUT2D eigenvalue weighted by Gasteiger charge is 2.31. The highest BCUT2D eigenvalue weighted by Crippen LogP contribution is 2.30. The van der Waals surface area contributed by atoms with E-state index in [1.54, 1.807) is 6.20 Å². The Bertz CT molecular complexity index is 547. The minimum Gasteiger partial charge on any atom is -0.353 e. The van der Waals surface area contributed by atoms with Crippen molar-refractivity contribution in [3.05, 3.63) is 30.1 Å². The number of amides is 2. The summed E-state index contributed by atoms with van der Waals surface area (Å²) in [5.41, 5.74) is 0.871. The molecular formula is C19H27N3O2. The molecule has 2 fully saturated rings. The number of carbonyl (C=O) groups excluding carboxylic acids is 2. The van der Waals surface area contributed by atoms with Gasteiger partial charge < -0.3 is 10.6 Å². The van der Waals surface area contributed by atoms with Crippen LogP contribution in [0.3, 0.4) is 0 Å². The van der Waals surface area contributed by atoms with Crippen LogP contribution in [0.1, 0.15) is 57.1 Å². The molecule has 0 aromatic carbocycles. The summed E-state index contributed by atoms with van der Waals surface area (Å²) in [6.07, 6.45) is 9.68. The Morgan fingerprint density at radius 1 is 0.958 bits per heavy atom. The van der Waals surface area contributed by atoms with Gasteiger partial charge in [0.05, 0.1) is 12.2 Å². The van der Waals surface area contributed by atoms with E-state index in [-0.39, 0.29) is 23.7 Å². The third-order valence-corrected chi connectivity index (χ3v) is 5.34. The lowest BCUT2D eigenvalue weighted by molar-refractivity contribution is -0.131. The largest absolute Gasteiger partial charge is 0.353 e. The second-order valence-electron chi connectivity index (χ2n) is 7.08. The van der Waals surface area contributed by atoms with Gasteiger partial charge in [-0.3, -0.25) is 14.6 Å². The molecule has 130 valence electrons. The Kier molecular flexibility index (Phi) is 5.83. The molecule has 2 aliphatic rings. The first kappa shape index (κ1) is 16.9. The van der Waals surface area contributed by atoms with Crippen LogP contribution in [0.4, 0.5) is 0 Å². The highest BCUT2D eigenvalue weighted by atomic mass is 16.2. The Hall–Kier alpha value is -1.91. The zero-order valence-electron chi connectivity index (χ0n) is 14.2. The van der Waals surface area contributed by atoms with Crippen LogP contribution in [0, 0.1) is 11.8 Å². The molecule has 0 bridgehead atoms. The van der Waals surface area contributed by atoms with E-state index in [1.165, 1.54) is 12.8 Å². The van der Waals surface area contributed by atoms with E-state index in [0.717, 1.165) is 44.2 Å². The van der Waals surface area contributed by atoms with Crippen LogP contribution in [0.2, 0.25) is 0 Å². The van der Waals surface area contributed by atoms with Gasteiger partial charge in [-0.1, -0.05) is 18.9 Å². The summed E-state index contributed by atoms with van der Waals surface area (Å²) < 4.78 is 0. The van der Waals surface area contributed by atoms with Crippen LogP contribution in [0.15, 0.2) is 24.4 Å². The molecule has 0 spiro atoms. The molecular weight excluding hydrogens is 302 g/mol. The summed E-state index contributed by atoms with van der Waals surface area (Å²) in [6, 6.07) is 6.08. The van der Waals surface area contributed by atoms with Gasteiger partial charge in [-0.2, -0.15) is 0 Å². The number of pyridine rings is 1. The molecule has 0 atom stereocenters. The molecule has 2 saturated carbocycles. The molecule has 24 heavy (non-hydrogen) atoms. The van der Waals surface area contributed by atoms with Crippen LogP contribution < -0.4 is 10.6 Å². The molecule has 0 unspecified atom stereocenters. The number of carbonyl (C=O) groups is 2. The molecule has 1 aromatic rings. The second-order valence-corrected chi connectivity index (χ2v) is 7.08. The van der Waals surface area contributed by atoms with E-state index in [4.69, 9.17) is 0 Å². The first-order chi connectivity index (χ1) is 11.7. The zero-order valence-corrected chi connectivity index (χ0v) is 14.2. The summed E-state index contributed by atoms with van der Waals surface area (Å²) in [5.74, 6) is 0.416. The van der Waals surface area contributed by atoms with Gasteiger partial charge in [0.2, 0.25) is 11.8 Å². The molecule has 2 N–H and O–H groups in total. The number of hydrogen-bond donors (Lipinski definition) is 2. The Morgan fingerprint density at radius 2 is 1.62 bits per heavy atom. The van der Waals surface area contributed by atoms with Crippen molar-refractivity contribution in [2.45, 2.75) is 64.0 Å². The van der Waals surface area contributed by atoms with E-state index in [9.17, 15) is 9.59 Å². The minimum absolute atomic E-state index is 0.0317. The lowest BCUT2D eigenvalue weighted by Crippen LogP contribution is -2.40. The molecule has 2 amide bonds. The van der Waals surface area contributed by atoms with Gasteiger partial charge >= 0.3 is 0 Å². The minimum atomic E-state index is 0.0317. The van der Waals surface area contributed by atoms with Gasteiger partial charge in [-0.15, -0.1) is 0 Å². The molecule has 2 aliphatic carbocycles. The topological polar surface area (TPSA) is 71.1 Å². The average Bonchev–Trinajstić information content (AvgIpc) is 3.13. The normalized spacial score (nSPS) is 24.5. The van der Waals surface area contributed by atoms with Crippen LogP contribution >= 0.6 is 0 Å². The fourth-order valence-corrected chi connectivity index (χ4v) is 3.83. The smallest absolute Gasteiger partial charge is 0.223 e. The van der Waals surface area contributed by atoms with E-state index >= 15 is 0 Å². The van der Waals surface area contributed by atoms with E-state index < -0.39 is 0 Å². The third kappa shape index (κ3) is 4.56. The number of nitrogens with zero attached hydrogens (tertiary/aromatic N) is 1. The second kappa shape index (κ2) is 8.27. The number of hydrogen-bond acceptors (Lipinski definition) is 3. The lowest BCUT2D eigenvalue weighted by atomic mass is 9.81. The fraction of sp³-hybridized carbons (Fsp3) is 0.632. The highest BCUT2D eigenvalue weighted by molar-refractivity contribution is 5.81. The molecule has 0 radical (unpaired) electrons. The van der Waals surface area contributed by atoms with Crippen LogP contribution in [-0.2, 0) is 16.1 Å². The zero-order chi connectivity index (χ0) is 16.8. The maximum absolute atomic E-state index is 12.3. The van der Waals surface area contributed by atoms with Crippen molar-refractivity contribution in [2.24, 2.45) is 11.8 Å². The fourth-order valence-electron chi connectivity index (χ4n) is 3.83. The van der Waals surface area contributed by atoms with Crippen LogP contribution in [-0.4, -0.2) is 22.8 Å². The van der Waals surface area contributed by atoms with E-state index in [0.29, 0.717) is 12.6 Å². The summed E-state index contributed by atoms with van der Waals surface area (Å²) in [6.45, 7) is 0.474. The maximum atomic E-state index is 12.3. The van der Waals surface area contributed by atoms with Gasteiger partial charge in [0.25, 0.3) is 0 Å². The molecule has 0 saturated heterocycles. The average molecular weight is 329 g/mol. The first-order valence-electron chi connectivity index (χ1n) is 9.20. The van der Waals surface area contributed by atoms with Gasteiger partial charge in [0.15, 0.2) is 0 Å². The van der Waals surface area contributed by atoms with E-state index in [2.05, 4.69) is 15.6 Å². The van der Waals surface area contributed by atoms with Crippen LogP contribution in [0.5, 0.6) is 0 Å². The van der Waals surface area contributed by atoms with Gasteiger partial charge in [0.1, 0.15) is 0 Å². The molecule has 1 aromatic heterocycles. The summed E-state index contributed by atoms with van der Waals surface area (Å²) in [7, 11) is 0. The van der Waals surface area contributed by atoms with Gasteiger partial charge in [-0.25, -0.2) is 0 Å². The SMILES string of the molecule is O=C(NCc1ccccn1)C1CCC(C(=O)NC2CCCC2)CC1. The lowest BCUT2D eigenvalue weighted by Gasteiger charge is -2.28. The van der Waals surface area contributed by atoms with Gasteiger partial charge in [0, 0.05) is 24.1 Å². The predicted octanol–water partition coefficient (Wildman–Crippen LogP) is 2.56. The standard InChI is InChI=1S/C19H27N3O2/c23-18(21-13-17-7-3-4-12-20-17)14-8-10-15(11-9-14)19(24)22-16-5-1-2-6-16/h3-4,7,12,14-16H,1-2,5-6,8-11,13H2,(H,21,23)(H,22,24). The van der Waals surface area contributed by atoms with Crippen molar-refractivity contribution in [3.63, 3.8) is 0 Å². The number of aromatic nitrogens is 1. The number of nitrogens with one attached hydrogen (secondary N) is 2. The van der Waals surface area contributed by atoms with Crippen molar-refractivity contribution >= 4 is 11.8 Å². The molecule has 1 heterocycles. The first-order valence-corrected chi connectivity index (χ1v) is 9.20. The van der Waals surface area contributed by atoms with Gasteiger partial charge in [-0.05, 0) is 50.7 Å². The van der Waals surface area contributed by atoms with E-state index in [1.807, 2.05) is 18.2 Å².